The van der Waals surface area contributed by atoms with Crippen LogP contribution >= 0.6 is 0 Å². The van der Waals surface area contributed by atoms with Crippen molar-refractivity contribution in [3.8, 4) is 0 Å². The van der Waals surface area contributed by atoms with Crippen molar-refractivity contribution >= 4 is 29.7 Å². The van der Waals surface area contributed by atoms with Gasteiger partial charge in [0.15, 0.2) is 5.96 Å². The minimum absolute atomic E-state index is 0.120. The van der Waals surface area contributed by atoms with Crippen LogP contribution in [0.2, 0.25) is 0 Å². The second kappa shape index (κ2) is 12.5. The third kappa shape index (κ3) is 10.3. The molecule has 3 amide bonds. The highest BCUT2D eigenvalue weighted by atomic mass is 16.4. The lowest BCUT2D eigenvalue weighted by Crippen LogP contribution is -2.58. The molecular weight excluding hydrogens is 374 g/mol. The largest absolute Gasteiger partial charge is 0.480 e. The van der Waals surface area contributed by atoms with Gasteiger partial charge < -0.3 is 43.4 Å². The normalized spacial score (nSPS) is 14.7. The van der Waals surface area contributed by atoms with Crippen molar-refractivity contribution in [3.05, 3.63) is 0 Å². The highest BCUT2D eigenvalue weighted by Crippen LogP contribution is 2.02. The summed E-state index contributed by atoms with van der Waals surface area (Å²) in [6, 6.07) is -3.36. The van der Waals surface area contributed by atoms with Gasteiger partial charge in [-0.15, -0.1) is 0 Å². The predicted octanol–water partition coefficient (Wildman–Crippen LogP) is -4.06. The van der Waals surface area contributed by atoms with E-state index in [4.69, 9.17) is 22.3 Å². The standard InChI is InChI=1S/C15H29N7O6/c1-7(16)12(26)21-9(4-3-5-19-15(17)18)13(27)22-11(8(2)23)14(28)20-6-10(24)25/h7-9,11,23H,3-6,16H2,1-2H3,(H,20,28)(H,21,26)(H,22,27)(H,24,25)(H4,17,18,19). The number of carboxylic acids is 1. The topological polar surface area (TPSA) is 235 Å². The van der Waals surface area contributed by atoms with E-state index in [0.717, 1.165) is 0 Å². The summed E-state index contributed by atoms with van der Waals surface area (Å²) in [5.74, 6) is -3.64. The predicted molar refractivity (Wildman–Crippen MR) is 99.7 cm³/mol. The van der Waals surface area contributed by atoms with E-state index in [1.54, 1.807) is 0 Å². The first-order chi connectivity index (χ1) is 13.0. The Labute approximate surface area is 162 Å². The third-order valence-corrected chi connectivity index (χ3v) is 3.47. The first kappa shape index (κ1) is 25.1. The molecule has 0 aliphatic heterocycles. The van der Waals surface area contributed by atoms with Crippen molar-refractivity contribution in [1.82, 2.24) is 16.0 Å². The maximum absolute atomic E-state index is 12.5. The SMILES string of the molecule is CC(N)C(=O)NC(CCCN=C(N)N)C(=O)NC(C(=O)NCC(=O)O)C(C)O. The van der Waals surface area contributed by atoms with Crippen molar-refractivity contribution in [3.63, 3.8) is 0 Å². The maximum Gasteiger partial charge on any atom is 0.322 e. The number of nitrogens with one attached hydrogen (secondary N) is 3. The van der Waals surface area contributed by atoms with Gasteiger partial charge in [-0.05, 0) is 26.7 Å². The van der Waals surface area contributed by atoms with E-state index >= 15 is 0 Å². The summed E-state index contributed by atoms with van der Waals surface area (Å²) in [5, 5.41) is 25.2. The van der Waals surface area contributed by atoms with Crippen LogP contribution in [0.5, 0.6) is 0 Å². The van der Waals surface area contributed by atoms with Crippen LogP contribution in [0.25, 0.3) is 0 Å². The summed E-state index contributed by atoms with van der Waals surface area (Å²) >= 11 is 0. The first-order valence-corrected chi connectivity index (χ1v) is 8.55. The summed E-state index contributed by atoms with van der Waals surface area (Å²) < 4.78 is 0. The Morgan fingerprint density at radius 1 is 1.04 bits per heavy atom. The third-order valence-electron chi connectivity index (χ3n) is 3.47. The van der Waals surface area contributed by atoms with Crippen LogP contribution in [0.1, 0.15) is 26.7 Å². The summed E-state index contributed by atoms with van der Waals surface area (Å²) in [6.45, 7) is 2.21. The van der Waals surface area contributed by atoms with Crippen LogP contribution in [0, 0.1) is 0 Å². The van der Waals surface area contributed by atoms with Crippen LogP contribution < -0.4 is 33.2 Å². The number of carbonyl (C=O) groups is 4. The molecular formula is C15H29N7O6. The summed E-state index contributed by atoms with van der Waals surface area (Å²) in [7, 11) is 0. The number of amides is 3. The number of aliphatic carboxylic acids is 1. The lowest BCUT2D eigenvalue weighted by atomic mass is 10.1. The lowest BCUT2D eigenvalue weighted by molar-refractivity contribution is -0.139. The van der Waals surface area contributed by atoms with Gasteiger partial charge in [-0.3, -0.25) is 24.2 Å². The Balaban J connectivity index is 5.12. The molecule has 11 N–H and O–H groups in total. The second-order valence-corrected chi connectivity index (χ2v) is 6.14. The molecule has 13 heteroatoms. The highest BCUT2D eigenvalue weighted by Gasteiger charge is 2.30. The molecule has 0 radical (unpaired) electrons. The molecule has 0 spiro atoms. The van der Waals surface area contributed by atoms with Gasteiger partial charge in [0.1, 0.15) is 18.6 Å². The second-order valence-electron chi connectivity index (χ2n) is 6.14. The van der Waals surface area contributed by atoms with Crippen molar-refractivity contribution in [2.75, 3.05) is 13.1 Å². The van der Waals surface area contributed by atoms with Gasteiger partial charge in [0, 0.05) is 6.54 Å². The van der Waals surface area contributed by atoms with E-state index in [-0.39, 0.29) is 18.9 Å². The van der Waals surface area contributed by atoms with Crippen LogP contribution in [-0.2, 0) is 19.2 Å². The number of hydrogen-bond acceptors (Lipinski definition) is 7. The van der Waals surface area contributed by atoms with E-state index in [2.05, 4.69) is 20.9 Å². The monoisotopic (exact) mass is 403 g/mol. The van der Waals surface area contributed by atoms with Gasteiger partial charge in [-0.1, -0.05) is 0 Å². The number of rotatable bonds is 12. The maximum atomic E-state index is 12.5. The number of nitrogens with two attached hydrogens (primary N) is 3. The van der Waals surface area contributed by atoms with Gasteiger partial charge in [0.05, 0.1) is 12.1 Å². The number of aliphatic hydroxyl groups excluding tert-OH is 1. The van der Waals surface area contributed by atoms with Gasteiger partial charge in [-0.25, -0.2) is 0 Å². The fourth-order valence-electron chi connectivity index (χ4n) is 2.01. The molecule has 0 aromatic carbocycles. The van der Waals surface area contributed by atoms with E-state index in [1.807, 2.05) is 0 Å². The van der Waals surface area contributed by atoms with Gasteiger partial charge >= 0.3 is 5.97 Å². The number of carboxylic acid groups (broad SMARTS) is 1. The molecule has 0 aliphatic carbocycles. The lowest BCUT2D eigenvalue weighted by Gasteiger charge is -2.25. The molecule has 13 nitrogen and oxygen atoms in total. The zero-order valence-corrected chi connectivity index (χ0v) is 15.8. The minimum atomic E-state index is -1.42. The van der Waals surface area contributed by atoms with Crippen LogP contribution in [0.3, 0.4) is 0 Å². The summed E-state index contributed by atoms with van der Waals surface area (Å²) in [5.41, 5.74) is 15.9. The van der Waals surface area contributed by atoms with Crippen molar-refractivity contribution in [2.45, 2.75) is 50.9 Å². The summed E-state index contributed by atoms with van der Waals surface area (Å²) in [6.07, 6.45) is -0.853. The first-order valence-electron chi connectivity index (χ1n) is 8.55. The average Bonchev–Trinajstić information content (AvgIpc) is 2.58. The van der Waals surface area contributed by atoms with E-state index in [1.165, 1.54) is 13.8 Å². The number of carbonyl (C=O) groups excluding carboxylic acids is 3. The van der Waals surface area contributed by atoms with Gasteiger partial charge in [-0.2, -0.15) is 0 Å². The number of nitrogens with zero attached hydrogens (tertiary/aromatic N) is 1. The van der Waals surface area contributed by atoms with Gasteiger partial charge in [0.25, 0.3) is 0 Å². The molecule has 0 fully saturated rings. The Morgan fingerprint density at radius 3 is 2.11 bits per heavy atom. The fourth-order valence-corrected chi connectivity index (χ4v) is 2.01. The van der Waals surface area contributed by atoms with Crippen LogP contribution in [-0.4, -0.2) is 77.2 Å². The zero-order valence-electron chi connectivity index (χ0n) is 15.8. The Hall–Kier alpha value is -2.93. The van der Waals surface area contributed by atoms with E-state index in [9.17, 15) is 24.3 Å². The number of aliphatic hydroxyl groups is 1. The molecule has 0 bridgehead atoms. The van der Waals surface area contributed by atoms with Crippen molar-refractivity contribution in [2.24, 2.45) is 22.2 Å². The highest BCUT2D eigenvalue weighted by molar-refractivity contribution is 5.93. The number of aliphatic imine (C=N–C) groups is 1. The van der Waals surface area contributed by atoms with Crippen molar-refractivity contribution < 1.29 is 29.4 Å². The molecule has 0 heterocycles. The van der Waals surface area contributed by atoms with Crippen LogP contribution in [0.4, 0.5) is 0 Å². The fraction of sp³-hybridized carbons (Fsp3) is 0.667. The molecule has 0 aliphatic rings. The molecule has 0 aromatic heterocycles. The van der Waals surface area contributed by atoms with E-state index in [0.29, 0.717) is 6.42 Å². The molecule has 4 unspecified atom stereocenters. The Kier molecular flexibility index (Phi) is 11.2. The Morgan fingerprint density at radius 2 is 1.64 bits per heavy atom. The molecule has 28 heavy (non-hydrogen) atoms. The quantitative estimate of drug-likeness (QED) is 0.0897. The van der Waals surface area contributed by atoms with E-state index < -0.39 is 54.5 Å². The number of hydrogen-bond donors (Lipinski definition) is 8. The van der Waals surface area contributed by atoms with Crippen LogP contribution in [0.15, 0.2) is 4.99 Å². The molecule has 0 saturated carbocycles. The number of guanidine groups is 1. The Bertz CT molecular complexity index is 589. The van der Waals surface area contributed by atoms with Crippen molar-refractivity contribution in [1.29, 1.82) is 0 Å². The smallest absolute Gasteiger partial charge is 0.322 e. The minimum Gasteiger partial charge on any atom is -0.480 e. The van der Waals surface area contributed by atoms with Gasteiger partial charge in [0.2, 0.25) is 17.7 Å². The molecule has 0 aromatic rings. The summed E-state index contributed by atoms with van der Waals surface area (Å²) in [4.78, 5) is 50.7. The zero-order chi connectivity index (χ0) is 21.9. The molecule has 0 saturated heterocycles. The molecule has 4 atom stereocenters. The molecule has 0 rings (SSSR count). The molecule has 160 valence electrons. The average molecular weight is 403 g/mol.